The lowest BCUT2D eigenvalue weighted by Crippen LogP contribution is -2.51. The standard InChI is InChI=1S/C24H21FN10O2/c1-15-7-8-34(29-15)22-20-19(18(25)14-27-22)17(13-26-20)21(36)23(37)32-9-11-33(12-10-32)24-28-30-31-35(24)16-5-3-2-4-6-16/h2-8,13-14,26H,9-12H2,1H3. The number of carbonyl (C=O) groups excluding carboxylic acids is 2. The molecule has 1 aliphatic heterocycles. The first-order valence-electron chi connectivity index (χ1n) is 11.6. The van der Waals surface area contributed by atoms with Gasteiger partial charge in [0.05, 0.1) is 34.0 Å². The molecule has 0 spiro atoms. The molecule has 13 heteroatoms. The summed E-state index contributed by atoms with van der Waals surface area (Å²) in [6, 6.07) is 11.3. The van der Waals surface area contributed by atoms with Gasteiger partial charge < -0.3 is 14.8 Å². The van der Waals surface area contributed by atoms with E-state index in [1.165, 1.54) is 15.8 Å². The number of aryl methyl sites for hydroxylation is 1. The predicted octanol–water partition coefficient (Wildman–Crippen LogP) is 1.70. The Morgan fingerprint density at radius 3 is 2.57 bits per heavy atom. The molecule has 0 bridgehead atoms. The number of nitrogens with zero attached hydrogens (tertiary/aromatic N) is 9. The van der Waals surface area contributed by atoms with Crippen LogP contribution in [0.5, 0.6) is 0 Å². The van der Waals surface area contributed by atoms with Gasteiger partial charge in [0.2, 0.25) is 5.95 Å². The minimum atomic E-state index is -0.790. The number of piperazine rings is 1. The van der Waals surface area contributed by atoms with Crippen LogP contribution in [0.1, 0.15) is 16.1 Å². The smallest absolute Gasteiger partial charge is 0.295 e. The average molecular weight is 500 g/mol. The van der Waals surface area contributed by atoms with E-state index in [2.05, 4.69) is 30.6 Å². The van der Waals surface area contributed by atoms with E-state index in [-0.39, 0.29) is 29.6 Å². The van der Waals surface area contributed by atoms with Crippen molar-refractivity contribution in [1.82, 2.24) is 44.9 Å². The van der Waals surface area contributed by atoms with Gasteiger partial charge in [-0.3, -0.25) is 9.59 Å². The van der Waals surface area contributed by atoms with E-state index in [1.807, 2.05) is 42.2 Å². The molecule has 1 saturated heterocycles. The highest BCUT2D eigenvalue weighted by Crippen LogP contribution is 2.27. The highest BCUT2D eigenvalue weighted by Gasteiger charge is 2.31. The molecule has 1 amide bonds. The van der Waals surface area contributed by atoms with Crippen molar-refractivity contribution in [2.75, 3.05) is 31.1 Å². The van der Waals surface area contributed by atoms with Gasteiger partial charge in [0.1, 0.15) is 0 Å². The van der Waals surface area contributed by atoms with E-state index in [0.29, 0.717) is 24.9 Å². The number of carbonyl (C=O) groups is 2. The third kappa shape index (κ3) is 3.90. The van der Waals surface area contributed by atoms with E-state index in [0.717, 1.165) is 17.6 Å². The third-order valence-corrected chi connectivity index (χ3v) is 6.32. The van der Waals surface area contributed by atoms with Crippen molar-refractivity contribution >= 4 is 28.5 Å². The van der Waals surface area contributed by atoms with Gasteiger partial charge in [0, 0.05) is 38.6 Å². The lowest BCUT2D eigenvalue weighted by molar-refractivity contribution is -0.126. The maximum Gasteiger partial charge on any atom is 0.295 e. The van der Waals surface area contributed by atoms with Crippen LogP contribution in [-0.2, 0) is 4.79 Å². The Labute approximate surface area is 209 Å². The summed E-state index contributed by atoms with van der Waals surface area (Å²) in [5, 5.41) is 16.3. The van der Waals surface area contributed by atoms with E-state index >= 15 is 0 Å². The lowest BCUT2D eigenvalue weighted by atomic mass is 10.1. The van der Waals surface area contributed by atoms with Gasteiger partial charge in [0.25, 0.3) is 11.7 Å². The number of aromatic amines is 1. The Hall–Kier alpha value is -4.94. The average Bonchev–Trinajstić information content (AvgIpc) is 3.69. The summed E-state index contributed by atoms with van der Waals surface area (Å²) in [6.45, 7) is 3.26. The SMILES string of the molecule is Cc1ccn(-c2ncc(F)c3c(C(=O)C(=O)N4CCN(c5nnnn5-c5ccccc5)CC4)c[nH]c23)n1. The Kier molecular flexibility index (Phi) is 5.44. The predicted molar refractivity (Wildman–Crippen MR) is 130 cm³/mol. The van der Waals surface area contributed by atoms with Crippen molar-refractivity contribution in [1.29, 1.82) is 0 Å². The van der Waals surface area contributed by atoms with Crippen LogP contribution in [0, 0.1) is 12.7 Å². The van der Waals surface area contributed by atoms with Crippen LogP contribution >= 0.6 is 0 Å². The van der Waals surface area contributed by atoms with Crippen LogP contribution in [0.25, 0.3) is 22.4 Å². The van der Waals surface area contributed by atoms with Gasteiger partial charge in [-0.15, -0.1) is 0 Å². The molecular formula is C24H21FN10O2. The van der Waals surface area contributed by atoms with Crippen LogP contribution < -0.4 is 4.90 Å². The number of pyridine rings is 1. The molecule has 5 heterocycles. The molecule has 1 aliphatic rings. The summed E-state index contributed by atoms with van der Waals surface area (Å²) < 4.78 is 17.9. The Bertz CT molecular complexity index is 1620. The zero-order valence-electron chi connectivity index (χ0n) is 19.7. The third-order valence-electron chi connectivity index (χ3n) is 6.32. The maximum absolute atomic E-state index is 14.8. The Morgan fingerprint density at radius 1 is 1.05 bits per heavy atom. The minimum absolute atomic E-state index is 0.0113. The number of H-pyrrole nitrogens is 1. The normalized spacial score (nSPS) is 13.9. The molecule has 1 fully saturated rings. The van der Waals surface area contributed by atoms with Crippen LogP contribution in [0.15, 0.2) is 55.0 Å². The van der Waals surface area contributed by atoms with Crippen LogP contribution in [0.2, 0.25) is 0 Å². The van der Waals surface area contributed by atoms with Crippen molar-refractivity contribution in [3.05, 3.63) is 72.1 Å². The second kappa shape index (κ2) is 8.93. The number of hydrogen-bond donors (Lipinski definition) is 1. The first kappa shape index (κ1) is 22.5. The molecule has 0 radical (unpaired) electrons. The van der Waals surface area contributed by atoms with Crippen LogP contribution in [-0.4, -0.2) is 82.7 Å². The summed E-state index contributed by atoms with van der Waals surface area (Å²) in [6.07, 6.45) is 4.06. The number of aromatic nitrogens is 8. The number of para-hydroxylation sites is 1. The second-order valence-electron chi connectivity index (χ2n) is 8.62. The zero-order valence-corrected chi connectivity index (χ0v) is 19.7. The fraction of sp³-hybridized carbons (Fsp3) is 0.208. The van der Waals surface area contributed by atoms with Crippen molar-refractivity contribution in [2.24, 2.45) is 0 Å². The number of ketones is 1. The number of fused-ring (bicyclic) bond motifs is 1. The number of hydrogen-bond acceptors (Lipinski definition) is 8. The fourth-order valence-corrected chi connectivity index (χ4v) is 4.46. The van der Waals surface area contributed by atoms with E-state index in [9.17, 15) is 14.0 Å². The molecule has 1 N–H and O–H groups in total. The number of Topliss-reactive ketones (excluding diaryl/α,β-unsaturated/α-hetero) is 1. The first-order chi connectivity index (χ1) is 18.0. The topological polar surface area (TPSA) is 131 Å². The number of nitrogens with one attached hydrogen (secondary N) is 1. The fourth-order valence-electron chi connectivity index (χ4n) is 4.46. The van der Waals surface area contributed by atoms with E-state index < -0.39 is 17.5 Å². The van der Waals surface area contributed by atoms with Gasteiger partial charge in [-0.2, -0.15) is 9.78 Å². The molecule has 0 atom stereocenters. The van der Waals surface area contributed by atoms with Gasteiger partial charge >= 0.3 is 0 Å². The highest BCUT2D eigenvalue weighted by atomic mass is 19.1. The maximum atomic E-state index is 14.8. The summed E-state index contributed by atoms with van der Waals surface area (Å²) in [4.78, 5) is 36.8. The first-order valence-corrected chi connectivity index (χ1v) is 11.6. The van der Waals surface area contributed by atoms with Crippen molar-refractivity contribution in [2.45, 2.75) is 6.92 Å². The Balaban J connectivity index is 1.21. The molecule has 0 aliphatic carbocycles. The summed E-state index contributed by atoms with van der Waals surface area (Å²) in [5.41, 5.74) is 1.82. The van der Waals surface area contributed by atoms with Crippen molar-refractivity contribution < 1.29 is 14.0 Å². The van der Waals surface area contributed by atoms with Gasteiger partial charge in [-0.05, 0) is 35.5 Å². The van der Waals surface area contributed by atoms with E-state index in [1.54, 1.807) is 16.9 Å². The lowest BCUT2D eigenvalue weighted by Gasteiger charge is -2.34. The molecule has 6 rings (SSSR count). The molecule has 4 aromatic heterocycles. The molecule has 0 saturated carbocycles. The zero-order chi connectivity index (χ0) is 25.5. The van der Waals surface area contributed by atoms with Gasteiger partial charge in [0.15, 0.2) is 11.6 Å². The molecule has 37 heavy (non-hydrogen) atoms. The largest absolute Gasteiger partial charge is 0.357 e. The van der Waals surface area contributed by atoms with Crippen molar-refractivity contribution in [3.63, 3.8) is 0 Å². The monoisotopic (exact) mass is 500 g/mol. The number of tetrazole rings is 1. The molecule has 5 aromatic rings. The number of anilines is 1. The minimum Gasteiger partial charge on any atom is -0.357 e. The van der Waals surface area contributed by atoms with Gasteiger partial charge in [-0.25, -0.2) is 14.1 Å². The Morgan fingerprint density at radius 2 is 1.84 bits per heavy atom. The van der Waals surface area contributed by atoms with Crippen LogP contribution in [0.3, 0.4) is 0 Å². The molecule has 186 valence electrons. The number of benzene rings is 1. The second-order valence-corrected chi connectivity index (χ2v) is 8.62. The molecule has 0 unspecified atom stereocenters. The summed E-state index contributed by atoms with van der Waals surface area (Å²) in [7, 11) is 0. The van der Waals surface area contributed by atoms with E-state index in [4.69, 9.17) is 0 Å². The highest BCUT2D eigenvalue weighted by molar-refractivity contribution is 6.45. The molecular weight excluding hydrogens is 479 g/mol. The van der Waals surface area contributed by atoms with Gasteiger partial charge in [-0.1, -0.05) is 23.3 Å². The summed E-state index contributed by atoms with van der Waals surface area (Å²) in [5.74, 6) is -1.30. The van der Waals surface area contributed by atoms with Crippen molar-refractivity contribution in [3.8, 4) is 11.5 Å². The molecule has 1 aromatic carbocycles. The van der Waals surface area contributed by atoms with Crippen LogP contribution in [0.4, 0.5) is 10.3 Å². The quantitative estimate of drug-likeness (QED) is 0.285. The number of rotatable bonds is 5. The number of halogens is 1. The number of amides is 1. The molecule has 12 nitrogen and oxygen atoms in total. The summed E-state index contributed by atoms with van der Waals surface area (Å²) >= 11 is 0.